The van der Waals surface area contributed by atoms with E-state index >= 15 is 0 Å². The summed E-state index contributed by atoms with van der Waals surface area (Å²) in [5, 5.41) is 20.5. The van der Waals surface area contributed by atoms with Gasteiger partial charge in [0.15, 0.2) is 10.8 Å². The van der Waals surface area contributed by atoms with E-state index in [1.54, 1.807) is 13.8 Å². The Morgan fingerprint density at radius 1 is 0.742 bits per heavy atom. The van der Waals surface area contributed by atoms with Crippen molar-refractivity contribution in [3.05, 3.63) is 0 Å². The lowest BCUT2D eigenvalue weighted by Gasteiger charge is -2.39. The quantitative estimate of drug-likeness (QED) is 0.485. The molecule has 0 aromatic carbocycles. The molecule has 2 atom stereocenters. The molecule has 0 radical (unpaired) electrons. The third-order valence-electron chi connectivity index (χ3n) is 6.25. The predicted octanol–water partition coefficient (Wildman–Crippen LogP) is 2.49. The van der Waals surface area contributed by atoms with Crippen molar-refractivity contribution in [3.63, 3.8) is 0 Å². The molecule has 8 heteroatoms. The van der Waals surface area contributed by atoms with Gasteiger partial charge in [-0.1, -0.05) is 12.8 Å². The Balaban J connectivity index is 2.40. The number of carbonyl (C=O) groups is 2. The van der Waals surface area contributed by atoms with E-state index in [1.807, 2.05) is 0 Å². The zero-order chi connectivity index (χ0) is 22.7. The number of esters is 2. The van der Waals surface area contributed by atoms with Gasteiger partial charge in [0.2, 0.25) is 0 Å². The summed E-state index contributed by atoms with van der Waals surface area (Å²) in [6.07, 6.45) is 6.01. The largest absolute Gasteiger partial charge is 0.465 e. The van der Waals surface area contributed by atoms with Gasteiger partial charge in [-0.25, -0.2) is 0 Å². The molecule has 0 aliphatic carbocycles. The van der Waals surface area contributed by atoms with Crippen LogP contribution in [0.1, 0.15) is 58.8 Å². The second kappa shape index (κ2) is 12.0. The van der Waals surface area contributed by atoms with Crippen LogP contribution in [0.2, 0.25) is 0 Å². The summed E-state index contributed by atoms with van der Waals surface area (Å²) in [5.41, 5.74) is -3.21. The van der Waals surface area contributed by atoms with E-state index < -0.39 is 22.8 Å². The van der Waals surface area contributed by atoms with E-state index in [-0.39, 0.29) is 32.7 Å². The van der Waals surface area contributed by atoms with Crippen LogP contribution < -0.4 is 0 Å². The highest BCUT2D eigenvalue weighted by atomic mass is 16.5. The number of nitrogens with zero attached hydrogens (tertiary/aromatic N) is 4. The summed E-state index contributed by atoms with van der Waals surface area (Å²) >= 11 is 0. The first-order valence-corrected chi connectivity index (χ1v) is 11.6. The van der Waals surface area contributed by atoms with Gasteiger partial charge in [0, 0.05) is 19.5 Å². The van der Waals surface area contributed by atoms with Crippen molar-refractivity contribution in [2.24, 2.45) is 10.8 Å². The van der Waals surface area contributed by atoms with E-state index in [0.29, 0.717) is 0 Å². The van der Waals surface area contributed by atoms with Crippen LogP contribution in [-0.2, 0) is 19.1 Å². The van der Waals surface area contributed by atoms with E-state index in [0.717, 1.165) is 64.7 Å². The SMILES string of the molecule is CCOC(=O)[C@](C#N)(CN1CCCCC1)C[C@@](C#N)(CN1CCCCC1)C(=O)OCC. The van der Waals surface area contributed by atoms with Crippen molar-refractivity contribution in [2.45, 2.75) is 58.8 Å². The zero-order valence-electron chi connectivity index (χ0n) is 19.0. The minimum absolute atomic E-state index is 0.132. The monoisotopic (exact) mass is 432 g/mol. The molecule has 2 aliphatic heterocycles. The molecule has 0 bridgehead atoms. The summed E-state index contributed by atoms with van der Waals surface area (Å²) in [6.45, 7) is 7.11. The van der Waals surface area contributed by atoms with Gasteiger partial charge in [-0.15, -0.1) is 0 Å². The van der Waals surface area contributed by atoms with Crippen molar-refractivity contribution in [1.82, 2.24) is 9.80 Å². The second-order valence-electron chi connectivity index (χ2n) is 8.68. The molecule has 2 rings (SSSR count). The topological polar surface area (TPSA) is 107 Å². The predicted molar refractivity (Wildman–Crippen MR) is 115 cm³/mol. The molecule has 172 valence electrons. The molecule has 2 aliphatic rings. The Morgan fingerprint density at radius 3 is 1.39 bits per heavy atom. The van der Waals surface area contributed by atoms with Crippen molar-refractivity contribution in [3.8, 4) is 12.1 Å². The molecule has 0 aromatic heterocycles. The summed E-state index contributed by atoms with van der Waals surface area (Å²) in [6, 6.07) is 4.36. The van der Waals surface area contributed by atoms with Gasteiger partial charge < -0.3 is 19.3 Å². The average molecular weight is 433 g/mol. The first kappa shape index (κ1) is 25.1. The first-order valence-electron chi connectivity index (χ1n) is 11.6. The number of rotatable bonds is 10. The molecule has 2 heterocycles. The van der Waals surface area contributed by atoms with Crippen LogP contribution in [0.5, 0.6) is 0 Å². The Labute approximate surface area is 186 Å². The van der Waals surface area contributed by atoms with Crippen LogP contribution in [-0.4, -0.2) is 74.2 Å². The molecule has 0 saturated carbocycles. The van der Waals surface area contributed by atoms with Crippen LogP contribution in [0.15, 0.2) is 0 Å². The average Bonchev–Trinajstić information content (AvgIpc) is 2.79. The van der Waals surface area contributed by atoms with Crippen LogP contribution >= 0.6 is 0 Å². The molecule has 2 saturated heterocycles. The van der Waals surface area contributed by atoms with Crippen molar-refractivity contribution in [2.75, 3.05) is 52.5 Å². The molecule has 2 fully saturated rings. The third kappa shape index (κ3) is 6.41. The molecule has 0 spiro atoms. The maximum absolute atomic E-state index is 13.1. The second-order valence-corrected chi connectivity index (χ2v) is 8.68. The van der Waals surface area contributed by atoms with Crippen molar-refractivity contribution < 1.29 is 19.1 Å². The van der Waals surface area contributed by atoms with Gasteiger partial charge in [-0.05, 0) is 65.7 Å². The standard InChI is InChI=1S/C23H36N4O4/c1-3-30-20(28)22(16-24,18-26-11-7-5-8-12-26)15-23(17-25,21(29)31-4-2)19-27-13-9-6-10-14-27/h3-15,18-19H2,1-2H3/t22-,23-/m1/s1. The van der Waals surface area contributed by atoms with Crippen LogP contribution in [0.4, 0.5) is 0 Å². The fraction of sp³-hybridized carbons (Fsp3) is 0.826. The van der Waals surface area contributed by atoms with E-state index in [4.69, 9.17) is 9.47 Å². The lowest BCUT2D eigenvalue weighted by atomic mass is 9.71. The molecule has 0 amide bonds. The number of nitriles is 2. The molecule has 0 N–H and O–H groups in total. The summed E-state index contributed by atoms with van der Waals surface area (Å²) in [5.74, 6) is -1.32. The molecule has 0 unspecified atom stereocenters. The first-order chi connectivity index (χ1) is 14.9. The van der Waals surface area contributed by atoms with Crippen LogP contribution in [0.3, 0.4) is 0 Å². The number of ether oxygens (including phenoxy) is 2. The Bertz CT molecular complexity index is 631. The third-order valence-corrected chi connectivity index (χ3v) is 6.25. The lowest BCUT2D eigenvalue weighted by molar-refractivity contribution is -0.161. The minimum atomic E-state index is -1.61. The highest BCUT2D eigenvalue weighted by Crippen LogP contribution is 2.39. The number of hydrogen-bond acceptors (Lipinski definition) is 8. The molecule has 31 heavy (non-hydrogen) atoms. The number of carbonyl (C=O) groups excluding carboxylic acids is 2. The highest BCUT2D eigenvalue weighted by Gasteiger charge is 2.54. The maximum Gasteiger partial charge on any atom is 0.327 e. The van der Waals surface area contributed by atoms with E-state index in [2.05, 4.69) is 21.9 Å². The molecular formula is C23H36N4O4. The van der Waals surface area contributed by atoms with E-state index in [9.17, 15) is 20.1 Å². The van der Waals surface area contributed by atoms with Gasteiger partial charge >= 0.3 is 11.9 Å². The van der Waals surface area contributed by atoms with Gasteiger partial charge in [0.25, 0.3) is 0 Å². The van der Waals surface area contributed by atoms with Crippen molar-refractivity contribution in [1.29, 1.82) is 10.5 Å². The number of hydrogen-bond donors (Lipinski definition) is 0. The summed E-state index contributed by atoms with van der Waals surface area (Å²) in [4.78, 5) is 30.3. The normalized spacial score (nSPS) is 21.7. The highest BCUT2D eigenvalue weighted by molar-refractivity contribution is 5.85. The molecule has 8 nitrogen and oxygen atoms in total. The Hall–Kier alpha value is -2.16. The van der Waals surface area contributed by atoms with Gasteiger partial charge in [-0.3, -0.25) is 9.59 Å². The fourth-order valence-electron chi connectivity index (χ4n) is 4.68. The summed E-state index contributed by atoms with van der Waals surface area (Å²) in [7, 11) is 0. The van der Waals surface area contributed by atoms with Crippen molar-refractivity contribution >= 4 is 11.9 Å². The van der Waals surface area contributed by atoms with E-state index in [1.165, 1.54) is 0 Å². The van der Waals surface area contributed by atoms with Crippen LogP contribution in [0.25, 0.3) is 0 Å². The smallest absolute Gasteiger partial charge is 0.327 e. The fourth-order valence-corrected chi connectivity index (χ4v) is 4.68. The molecular weight excluding hydrogens is 396 g/mol. The van der Waals surface area contributed by atoms with Gasteiger partial charge in [0.1, 0.15) is 0 Å². The number of likely N-dealkylation sites (tertiary alicyclic amines) is 2. The maximum atomic E-state index is 13.1. The Kier molecular flexibility index (Phi) is 9.74. The lowest BCUT2D eigenvalue weighted by Crippen LogP contribution is -2.53. The minimum Gasteiger partial charge on any atom is -0.465 e. The van der Waals surface area contributed by atoms with Gasteiger partial charge in [-0.2, -0.15) is 10.5 Å². The zero-order valence-corrected chi connectivity index (χ0v) is 19.0. The van der Waals surface area contributed by atoms with Gasteiger partial charge in [0.05, 0.1) is 25.4 Å². The number of piperidine rings is 2. The van der Waals surface area contributed by atoms with Crippen LogP contribution in [0, 0.1) is 33.5 Å². The molecule has 0 aromatic rings. The Morgan fingerprint density at radius 2 is 1.10 bits per heavy atom. The summed E-state index contributed by atoms with van der Waals surface area (Å²) < 4.78 is 10.6.